The fourth-order valence-corrected chi connectivity index (χ4v) is 2.77. The first kappa shape index (κ1) is 14.0. The summed E-state index contributed by atoms with van der Waals surface area (Å²) in [5.74, 6) is 1.97. The molecule has 0 amide bonds. The molecule has 1 aliphatic rings. The molecule has 3 heteroatoms. The standard InChI is InChI=1S/C18H21NO2/c1-13-2-4-14(5-3-13)16(8-9-19)15-6-7-17-18(12-15)21-11-10-20-17/h2-7,12,16H,8-11,19H2,1H3. The first-order valence-corrected chi connectivity index (χ1v) is 7.44. The summed E-state index contributed by atoms with van der Waals surface area (Å²) in [5.41, 5.74) is 9.61. The highest BCUT2D eigenvalue weighted by molar-refractivity contribution is 5.47. The molecule has 0 aliphatic carbocycles. The number of hydrogen-bond acceptors (Lipinski definition) is 3. The number of hydrogen-bond donors (Lipinski definition) is 1. The molecule has 1 atom stereocenters. The first-order chi connectivity index (χ1) is 10.3. The predicted octanol–water partition coefficient (Wildman–Crippen LogP) is 3.25. The summed E-state index contributed by atoms with van der Waals surface area (Å²) in [6, 6.07) is 14.9. The Morgan fingerprint density at radius 2 is 1.62 bits per heavy atom. The van der Waals surface area contributed by atoms with E-state index in [2.05, 4.69) is 43.3 Å². The van der Waals surface area contributed by atoms with E-state index in [1.807, 2.05) is 6.07 Å². The summed E-state index contributed by atoms with van der Waals surface area (Å²) in [6.45, 7) is 4.00. The Balaban J connectivity index is 1.95. The molecule has 110 valence electrons. The van der Waals surface area contributed by atoms with Crippen molar-refractivity contribution in [3.63, 3.8) is 0 Å². The molecular formula is C18H21NO2. The van der Waals surface area contributed by atoms with Crippen LogP contribution in [-0.4, -0.2) is 19.8 Å². The fourth-order valence-electron chi connectivity index (χ4n) is 2.77. The van der Waals surface area contributed by atoms with Gasteiger partial charge in [-0.1, -0.05) is 35.9 Å². The van der Waals surface area contributed by atoms with Crippen LogP contribution in [0.1, 0.15) is 29.0 Å². The minimum atomic E-state index is 0.298. The second-order valence-corrected chi connectivity index (χ2v) is 5.44. The van der Waals surface area contributed by atoms with Gasteiger partial charge in [0.05, 0.1) is 0 Å². The van der Waals surface area contributed by atoms with Gasteiger partial charge in [0.15, 0.2) is 11.5 Å². The Morgan fingerprint density at radius 3 is 2.33 bits per heavy atom. The molecule has 0 aromatic heterocycles. The number of benzene rings is 2. The zero-order chi connectivity index (χ0) is 14.7. The maximum atomic E-state index is 5.82. The molecule has 0 fully saturated rings. The van der Waals surface area contributed by atoms with Gasteiger partial charge in [-0.3, -0.25) is 0 Å². The van der Waals surface area contributed by atoms with Crippen LogP contribution in [0.25, 0.3) is 0 Å². The zero-order valence-electron chi connectivity index (χ0n) is 12.3. The SMILES string of the molecule is Cc1ccc(C(CCN)c2ccc3c(c2)OCCO3)cc1. The highest BCUT2D eigenvalue weighted by Crippen LogP contribution is 2.36. The number of nitrogens with two attached hydrogens (primary N) is 1. The average molecular weight is 283 g/mol. The van der Waals surface area contributed by atoms with E-state index in [1.54, 1.807) is 0 Å². The molecular weight excluding hydrogens is 262 g/mol. The highest BCUT2D eigenvalue weighted by Gasteiger charge is 2.18. The number of fused-ring (bicyclic) bond motifs is 1. The molecule has 21 heavy (non-hydrogen) atoms. The Morgan fingerprint density at radius 1 is 0.952 bits per heavy atom. The lowest BCUT2D eigenvalue weighted by Gasteiger charge is -2.22. The molecule has 2 aromatic carbocycles. The van der Waals surface area contributed by atoms with Gasteiger partial charge < -0.3 is 15.2 Å². The van der Waals surface area contributed by atoms with Crippen molar-refractivity contribution in [3.05, 3.63) is 59.2 Å². The maximum Gasteiger partial charge on any atom is 0.161 e. The van der Waals surface area contributed by atoms with Crippen LogP contribution in [0.5, 0.6) is 11.5 Å². The topological polar surface area (TPSA) is 44.5 Å². The van der Waals surface area contributed by atoms with Crippen LogP contribution in [0.15, 0.2) is 42.5 Å². The number of aryl methyl sites for hydroxylation is 1. The molecule has 0 spiro atoms. The van der Waals surface area contributed by atoms with E-state index < -0.39 is 0 Å². The predicted molar refractivity (Wildman–Crippen MR) is 84.1 cm³/mol. The minimum absolute atomic E-state index is 0.298. The van der Waals surface area contributed by atoms with E-state index >= 15 is 0 Å². The summed E-state index contributed by atoms with van der Waals surface area (Å²) in [7, 11) is 0. The van der Waals surface area contributed by atoms with Gasteiger partial charge in [0.2, 0.25) is 0 Å². The largest absolute Gasteiger partial charge is 0.486 e. The summed E-state index contributed by atoms with van der Waals surface area (Å²) in [6.07, 6.45) is 0.919. The van der Waals surface area contributed by atoms with Crippen molar-refractivity contribution in [3.8, 4) is 11.5 Å². The van der Waals surface area contributed by atoms with E-state index in [-0.39, 0.29) is 0 Å². The third-order valence-corrected chi connectivity index (χ3v) is 3.90. The van der Waals surface area contributed by atoms with Gasteiger partial charge in [-0.25, -0.2) is 0 Å². The quantitative estimate of drug-likeness (QED) is 0.936. The Labute approximate surface area is 125 Å². The third-order valence-electron chi connectivity index (χ3n) is 3.90. The molecule has 0 saturated carbocycles. The molecule has 1 aliphatic heterocycles. The molecule has 2 aromatic rings. The molecule has 2 N–H and O–H groups in total. The normalized spacial score (nSPS) is 14.8. The first-order valence-electron chi connectivity index (χ1n) is 7.44. The summed E-state index contributed by atoms with van der Waals surface area (Å²) < 4.78 is 11.3. The molecule has 1 unspecified atom stereocenters. The molecule has 3 rings (SSSR count). The van der Waals surface area contributed by atoms with E-state index in [9.17, 15) is 0 Å². The van der Waals surface area contributed by atoms with Gasteiger partial charge in [0, 0.05) is 5.92 Å². The lowest BCUT2D eigenvalue weighted by atomic mass is 9.88. The van der Waals surface area contributed by atoms with Gasteiger partial charge in [-0.05, 0) is 43.1 Å². The molecule has 0 bridgehead atoms. The van der Waals surface area contributed by atoms with Crippen molar-refractivity contribution < 1.29 is 9.47 Å². The Kier molecular flexibility index (Phi) is 4.11. The highest BCUT2D eigenvalue weighted by atomic mass is 16.6. The summed E-state index contributed by atoms with van der Waals surface area (Å²) >= 11 is 0. The van der Waals surface area contributed by atoms with E-state index in [0.717, 1.165) is 17.9 Å². The van der Waals surface area contributed by atoms with Crippen molar-refractivity contribution in [2.45, 2.75) is 19.3 Å². The number of rotatable bonds is 4. The third kappa shape index (κ3) is 3.03. The summed E-state index contributed by atoms with van der Waals surface area (Å²) in [5, 5.41) is 0. The van der Waals surface area contributed by atoms with Gasteiger partial charge in [0.25, 0.3) is 0 Å². The summed E-state index contributed by atoms with van der Waals surface area (Å²) in [4.78, 5) is 0. The Hall–Kier alpha value is -2.00. The van der Waals surface area contributed by atoms with Crippen LogP contribution in [0.4, 0.5) is 0 Å². The van der Waals surface area contributed by atoms with Gasteiger partial charge in [-0.15, -0.1) is 0 Å². The van der Waals surface area contributed by atoms with E-state index in [4.69, 9.17) is 15.2 Å². The van der Waals surface area contributed by atoms with E-state index in [0.29, 0.717) is 25.7 Å². The van der Waals surface area contributed by atoms with Crippen LogP contribution in [0, 0.1) is 6.92 Å². The van der Waals surface area contributed by atoms with Crippen molar-refractivity contribution in [2.75, 3.05) is 19.8 Å². The van der Waals surface area contributed by atoms with Crippen molar-refractivity contribution in [2.24, 2.45) is 5.73 Å². The van der Waals surface area contributed by atoms with Crippen LogP contribution >= 0.6 is 0 Å². The fraction of sp³-hybridized carbons (Fsp3) is 0.333. The molecule has 0 saturated heterocycles. The zero-order valence-corrected chi connectivity index (χ0v) is 12.3. The van der Waals surface area contributed by atoms with Crippen LogP contribution in [0.3, 0.4) is 0 Å². The monoisotopic (exact) mass is 283 g/mol. The average Bonchev–Trinajstić information content (AvgIpc) is 2.53. The van der Waals surface area contributed by atoms with Gasteiger partial charge in [-0.2, -0.15) is 0 Å². The van der Waals surface area contributed by atoms with Crippen LogP contribution in [-0.2, 0) is 0 Å². The molecule has 3 nitrogen and oxygen atoms in total. The van der Waals surface area contributed by atoms with E-state index in [1.165, 1.54) is 16.7 Å². The smallest absolute Gasteiger partial charge is 0.161 e. The minimum Gasteiger partial charge on any atom is -0.486 e. The molecule has 0 radical (unpaired) electrons. The van der Waals surface area contributed by atoms with Crippen molar-refractivity contribution in [1.82, 2.24) is 0 Å². The van der Waals surface area contributed by atoms with Gasteiger partial charge >= 0.3 is 0 Å². The van der Waals surface area contributed by atoms with Crippen molar-refractivity contribution in [1.29, 1.82) is 0 Å². The Bertz CT molecular complexity index is 607. The maximum absolute atomic E-state index is 5.82. The van der Waals surface area contributed by atoms with Crippen LogP contribution < -0.4 is 15.2 Å². The second kappa shape index (κ2) is 6.19. The van der Waals surface area contributed by atoms with Crippen LogP contribution in [0.2, 0.25) is 0 Å². The number of ether oxygens (including phenoxy) is 2. The van der Waals surface area contributed by atoms with Gasteiger partial charge in [0.1, 0.15) is 13.2 Å². The lowest BCUT2D eigenvalue weighted by Crippen LogP contribution is -2.16. The van der Waals surface area contributed by atoms with Crippen molar-refractivity contribution >= 4 is 0 Å². The molecule has 1 heterocycles. The lowest BCUT2D eigenvalue weighted by molar-refractivity contribution is 0.171. The second-order valence-electron chi connectivity index (χ2n) is 5.44.